The number of carbonyl (C=O) groups is 1. The van der Waals surface area contributed by atoms with Crippen LogP contribution in [0.4, 0.5) is 10.1 Å². The Labute approximate surface area is 243 Å². The molecule has 0 unspecified atom stereocenters. The fourth-order valence-electron chi connectivity index (χ4n) is 4.52. The third-order valence-electron chi connectivity index (χ3n) is 6.44. The molecular weight excluding hydrogens is 557 g/mol. The first-order chi connectivity index (χ1) is 19.2. The Morgan fingerprint density at radius 2 is 1.57 bits per heavy atom. The molecule has 2 heterocycles. The van der Waals surface area contributed by atoms with Gasteiger partial charge in [-0.25, -0.2) is 12.8 Å². The summed E-state index contributed by atoms with van der Waals surface area (Å²) in [6.07, 6.45) is 0.601. The molecule has 0 saturated carbocycles. The molecule has 222 valence electrons. The Balaban J connectivity index is 0.000000484. The van der Waals surface area contributed by atoms with Gasteiger partial charge in [-0.05, 0) is 70.1 Å². The molecule has 0 aliphatic carbocycles. The van der Waals surface area contributed by atoms with Crippen molar-refractivity contribution < 1.29 is 27.1 Å². The molecule has 0 atom stereocenters. The first-order valence-corrected chi connectivity index (χ1v) is 15.3. The number of anilines is 1. The van der Waals surface area contributed by atoms with Crippen LogP contribution in [0.3, 0.4) is 0 Å². The summed E-state index contributed by atoms with van der Waals surface area (Å²) in [5.74, 6) is -0.508. The Bertz CT molecular complexity index is 1170. The summed E-state index contributed by atoms with van der Waals surface area (Å²) < 4.78 is 50.2. The van der Waals surface area contributed by atoms with E-state index in [2.05, 4.69) is 23.0 Å². The molecule has 2 aromatic carbocycles. The fraction of sp³-hybridized carbons (Fsp3) is 0.483. The lowest BCUT2D eigenvalue weighted by molar-refractivity contribution is -0.123. The van der Waals surface area contributed by atoms with Gasteiger partial charge in [0.25, 0.3) is 0 Å². The minimum Gasteiger partial charge on any atom is -0.369 e. The molecule has 2 aliphatic rings. The summed E-state index contributed by atoms with van der Waals surface area (Å²) in [6, 6.07) is 11.0. The molecule has 1 fully saturated rings. The Hall–Kier alpha value is -2.34. The van der Waals surface area contributed by atoms with Crippen LogP contribution in [-0.2, 0) is 19.5 Å². The first-order valence-electron chi connectivity index (χ1n) is 13.4. The number of Topliss-reactive ketones (excluding diaryl/α,β-unsaturated/α-hetero) is 1. The number of hydrogen-bond donors (Lipinski definition) is 0. The van der Waals surface area contributed by atoms with Crippen LogP contribution in [0.2, 0.25) is 5.02 Å². The third kappa shape index (κ3) is 9.36. The van der Waals surface area contributed by atoms with E-state index in [1.54, 1.807) is 18.2 Å². The molecule has 2 aliphatic heterocycles. The number of piperazine rings is 1. The SMILES string of the molecule is C=C.CCOC(C)OCC.O=C1CN(CCCN2CCN(c3ccc(F)cc3)CC2)S(=O)(=O)c2cccc(Cl)c21. The number of rotatable bonds is 9. The number of fused-ring (bicyclic) bond motifs is 1. The monoisotopic (exact) mass is 597 g/mol. The van der Waals surface area contributed by atoms with Crippen molar-refractivity contribution >= 4 is 33.1 Å². The van der Waals surface area contributed by atoms with E-state index in [-0.39, 0.29) is 46.5 Å². The Morgan fingerprint density at radius 3 is 2.15 bits per heavy atom. The second kappa shape index (κ2) is 16.8. The molecule has 4 rings (SSSR count). The summed E-state index contributed by atoms with van der Waals surface area (Å²) in [4.78, 5) is 16.9. The topological polar surface area (TPSA) is 79.4 Å². The van der Waals surface area contributed by atoms with Gasteiger partial charge in [0.1, 0.15) is 5.82 Å². The highest BCUT2D eigenvalue weighted by Gasteiger charge is 2.37. The minimum atomic E-state index is -3.72. The fourth-order valence-corrected chi connectivity index (χ4v) is 6.53. The average molecular weight is 598 g/mol. The molecule has 0 amide bonds. The van der Waals surface area contributed by atoms with Crippen molar-refractivity contribution in [2.75, 3.05) is 63.9 Å². The van der Waals surface area contributed by atoms with Gasteiger partial charge >= 0.3 is 0 Å². The quantitative estimate of drug-likeness (QED) is 0.294. The number of benzene rings is 2. The second-order valence-corrected chi connectivity index (χ2v) is 11.3. The average Bonchev–Trinajstić information content (AvgIpc) is 2.94. The van der Waals surface area contributed by atoms with Crippen molar-refractivity contribution in [3.05, 3.63) is 72.0 Å². The molecule has 40 heavy (non-hydrogen) atoms. The summed E-state index contributed by atoms with van der Waals surface area (Å²) in [5.41, 5.74) is 1.11. The highest BCUT2D eigenvalue weighted by molar-refractivity contribution is 7.89. The van der Waals surface area contributed by atoms with E-state index < -0.39 is 10.0 Å². The summed E-state index contributed by atoms with van der Waals surface area (Å²) in [5, 5.41) is 0.180. The van der Waals surface area contributed by atoms with Crippen molar-refractivity contribution in [2.24, 2.45) is 0 Å². The van der Waals surface area contributed by atoms with Crippen LogP contribution in [0.15, 0.2) is 60.5 Å². The molecule has 0 aromatic heterocycles. The summed E-state index contributed by atoms with van der Waals surface area (Å²) >= 11 is 6.05. The van der Waals surface area contributed by atoms with Gasteiger partial charge in [0.2, 0.25) is 10.0 Å². The number of hydrogen-bond acceptors (Lipinski definition) is 7. The molecule has 0 radical (unpaired) electrons. The predicted molar refractivity (Wildman–Crippen MR) is 158 cm³/mol. The summed E-state index contributed by atoms with van der Waals surface area (Å²) in [7, 11) is -3.72. The van der Waals surface area contributed by atoms with Crippen LogP contribution >= 0.6 is 11.6 Å². The molecule has 1 saturated heterocycles. The molecule has 0 N–H and O–H groups in total. The lowest BCUT2D eigenvalue weighted by atomic mass is 10.1. The second-order valence-electron chi connectivity index (χ2n) is 9.01. The zero-order valence-electron chi connectivity index (χ0n) is 23.7. The van der Waals surface area contributed by atoms with E-state index in [1.807, 2.05) is 20.8 Å². The van der Waals surface area contributed by atoms with Gasteiger partial charge in [-0.15, -0.1) is 13.2 Å². The van der Waals surface area contributed by atoms with Gasteiger partial charge in [0.15, 0.2) is 12.1 Å². The van der Waals surface area contributed by atoms with Crippen LogP contribution in [0.5, 0.6) is 0 Å². The van der Waals surface area contributed by atoms with Crippen molar-refractivity contribution in [3.63, 3.8) is 0 Å². The van der Waals surface area contributed by atoms with E-state index in [0.29, 0.717) is 6.42 Å². The van der Waals surface area contributed by atoms with Crippen molar-refractivity contribution in [1.29, 1.82) is 0 Å². The number of nitrogens with zero attached hydrogens (tertiary/aromatic N) is 3. The number of ketones is 1. The smallest absolute Gasteiger partial charge is 0.244 e. The Morgan fingerprint density at radius 1 is 0.975 bits per heavy atom. The zero-order valence-corrected chi connectivity index (χ0v) is 25.2. The standard InChI is InChI=1S/C21H23ClFN3O3S.C6H14O2.C2H4/c22-18-3-1-4-20-21(18)19(27)15-26(30(20,28)29)10-2-9-24-11-13-25(14-12-24)17-7-5-16(23)6-8-17;1-4-7-6(3)8-5-2;1-2/h1,3-8H,2,9-15H2;6H,4-5H2,1-3H3;1-2H2. The van der Waals surface area contributed by atoms with Gasteiger partial charge in [-0.3, -0.25) is 9.69 Å². The predicted octanol–water partition coefficient (Wildman–Crippen LogP) is 5.09. The highest BCUT2D eigenvalue weighted by Crippen LogP contribution is 2.31. The van der Waals surface area contributed by atoms with E-state index >= 15 is 0 Å². The number of carbonyl (C=O) groups excluding carboxylic acids is 1. The van der Waals surface area contributed by atoms with Crippen LogP contribution in [0.1, 0.15) is 37.6 Å². The maximum Gasteiger partial charge on any atom is 0.244 e. The third-order valence-corrected chi connectivity index (χ3v) is 8.64. The summed E-state index contributed by atoms with van der Waals surface area (Å²) in [6.45, 7) is 17.5. The van der Waals surface area contributed by atoms with Crippen LogP contribution < -0.4 is 4.90 Å². The van der Waals surface area contributed by atoms with E-state index in [9.17, 15) is 17.6 Å². The molecule has 0 spiro atoms. The van der Waals surface area contributed by atoms with E-state index in [1.165, 1.54) is 28.6 Å². The van der Waals surface area contributed by atoms with Crippen LogP contribution in [0, 0.1) is 5.82 Å². The van der Waals surface area contributed by atoms with Gasteiger partial charge in [-0.1, -0.05) is 17.7 Å². The lowest BCUT2D eigenvalue weighted by Crippen LogP contribution is -2.47. The molecule has 0 bridgehead atoms. The zero-order chi connectivity index (χ0) is 29.7. The van der Waals surface area contributed by atoms with Crippen LogP contribution in [-0.4, -0.2) is 88.7 Å². The van der Waals surface area contributed by atoms with E-state index in [0.717, 1.165) is 51.6 Å². The van der Waals surface area contributed by atoms with Gasteiger partial charge in [0.05, 0.1) is 22.0 Å². The van der Waals surface area contributed by atoms with E-state index in [4.69, 9.17) is 21.1 Å². The highest BCUT2D eigenvalue weighted by atomic mass is 35.5. The Kier molecular flexibility index (Phi) is 14.2. The molecule has 8 nitrogen and oxygen atoms in total. The maximum absolute atomic E-state index is 13.1. The molecular formula is C29H41ClFN3O5S. The largest absolute Gasteiger partial charge is 0.369 e. The molecule has 2 aromatic rings. The van der Waals surface area contributed by atoms with Crippen molar-refractivity contribution in [1.82, 2.24) is 9.21 Å². The number of ether oxygens (including phenoxy) is 2. The van der Waals surface area contributed by atoms with Gasteiger partial charge in [0, 0.05) is 51.6 Å². The number of halogens is 2. The number of sulfonamides is 1. The van der Waals surface area contributed by atoms with Crippen molar-refractivity contribution in [2.45, 2.75) is 38.4 Å². The molecule has 11 heteroatoms. The maximum atomic E-state index is 13.1. The van der Waals surface area contributed by atoms with Gasteiger partial charge in [-0.2, -0.15) is 4.31 Å². The minimum absolute atomic E-state index is 0.000776. The van der Waals surface area contributed by atoms with Crippen molar-refractivity contribution in [3.8, 4) is 0 Å². The first kappa shape index (κ1) is 33.9. The lowest BCUT2D eigenvalue weighted by Gasteiger charge is -2.36. The van der Waals surface area contributed by atoms with Gasteiger partial charge < -0.3 is 14.4 Å². The normalized spacial score (nSPS) is 16.9. The van der Waals surface area contributed by atoms with Crippen LogP contribution in [0.25, 0.3) is 0 Å².